The minimum atomic E-state index is 0.300. The second kappa shape index (κ2) is 10.5. The van der Waals surface area contributed by atoms with Gasteiger partial charge in [-0.25, -0.2) is 14.6 Å². The van der Waals surface area contributed by atoms with E-state index in [9.17, 15) is 0 Å². The van der Waals surface area contributed by atoms with Gasteiger partial charge in [0.05, 0.1) is 17.9 Å². The Morgan fingerprint density at radius 1 is 0.824 bits per heavy atom. The molecule has 0 N–H and O–H groups in total. The van der Waals surface area contributed by atoms with Crippen molar-refractivity contribution < 1.29 is 0 Å². The van der Waals surface area contributed by atoms with E-state index in [0.717, 1.165) is 44.0 Å². The Labute approximate surface area is 201 Å². The zero-order chi connectivity index (χ0) is 23.2. The fourth-order valence-electron chi connectivity index (χ4n) is 4.61. The molecule has 0 spiro atoms. The van der Waals surface area contributed by atoms with Gasteiger partial charge in [-0.1, -0.05) is 72.8 Å². The molecule has 0 bridgehead atoms. The molecule has 1 aliphatic rings. The Hall–Kier alpha value is -3.61. The first kappa shape index (κ1) is 22.2. The highest BCUT2D eigenvalue weighted by atomic mass is 15.3. The Balaban J connectivity index is 1.21. The first-order valence-corrected chi connectivity index (χ1v) is 11.8. The van der Waals surface area contributed by atoms with Gasteiger partial charge in [0.2, 0.25) is 0 Å². The molecule has 6 heteroatoms. The third kappa shape index (κ3) is 4.98. The van der Waals surface area contributed by atoms with E-state index in [0.29, 0.717) is 12.0 Å². The second-order valence-electron chi connectivity index (χ2n) is 8.61. The average molecular weight is 451 g/mol. The molecule has 172 valence electrons. The van der Waals surface area contributed by atoms with Gasteiger partial charge < -0.3 is 0 Å². The van der Waals surface area contributed by atoms with Crippen molar-refractivity contribution in [1.29, 1.82) is 0 Å². The third-order valence-corrected chi connectivity index (χ3v) is 6.45. The van der Waals surface area contributed by atoms with Crippen LogP contribution in [0.5, 0.6) is 0 Å². The number of aromatic nitrogens is 4. The van der Waals surface area contributed by atoms with Crippen LogP contribution in [-0.4, -0.2) is 62.3 Å². The summed E-state index contributed by atoms with van der Waals surface area (Å²) >= 11 is 0. The van der Waals surface area contributed by atoms with E-state index in [2.05, 4.69) is 105 Å². The summed E-state index contributed by atoms with van der Waals surface area (Å²) in [6.45, 7) is 7.18. The molecule has 1 saturated heterocycles. The summed E-state index contributed by atoms with van der Waals surface area (Å²) in [4.78, 5) is 13.7. The molecule has 0 atom stereocenters. The molecule has 0 aliphatic carbocycles. The molecule has 34 heavy (non-hydrogen) atoms. The first-order chi connectivity index (χ1) is 16.8. The Morgan fingerprint density at radius 2 is 1.44 bits per heavy atom. The Kier molecular flexibility index (Phi) is 6.89. The molecule has 3 heterocycles. The topological polar surface area (TPSA) is 50.1 Å². The molecule has 5 rings (SSSR count). The number of nitrogens with zero attached hydrogens (tertiary/aromatic N) is 6. The minimum Gasteiger partial charge on any atom is -0.297 e. The number of benzene rings is 2. The van der Waals surface area contributed by atoms with Crippen LogP contribution in [0.2, 0.25) is 0 Å². The van der Waals surface area contributed by atoms with E-state index >= 15 is 0 Å². The summed E-state index contributed by atoms with van der Waals surface area (Å²) in [5.74, 6) is 0.599. The van der Waals surface area contributed by atoms with E-state index in [-0.39, 0.29) is 0 Å². The van der Waals surface area contributed by atoms with Gasteiger partial charge in [-0.2, -0.15) is 5.10 Å². The van der Waals surface area contributed by atoms with Gasteiger partial charge in [0.15, 0.2) is 0 Å². The van der Waals surface area contributed by atoms with Gasteiger partial charge >= 0.3 is 0 Å². The highest BCUT2D eigenvalue weighted by Gasteiger charge is 2.25. The maximum atomic E-state index is 4.46. The number of rotatable bonds is 7. The average Bonchev–Trinajstić information content (AvgIpc) is 3.27. The van der Waals surface area contributed by atoms with Crippen molar-refractivity contribution in [2.75, 3.05) is 32.7 Å². The molecule has 1 aliphatic heterocycles. The minimum absolute atomic E-state index is 0.300. The monoisotopic (exact) mass is 450 g/mol. The van der Waals surface area contributed by atoms with E-state index in [1.54, 1.807) is 17.1 Å². The van der Waals surface area contributed by atoms with Crippen LogP contribution in [-0.2, 0) is 0 Å². The lowest BCUT2D eigenvalue weighted by atomic mass is 9.96. The fourth-order valence-corrected chi connectivity index (χ4v) is 4.61. The Bertz CT molecular complexity index is 1160. The van der Waals surface area contributed by atoms with E-state index in [1.807, 2.05) is 12.3 Å². The quantitative estimate of drug-likeness (QED) is 0.418. The molecule has 0 amide bonds. The zero-order valence-electron chi connectivity index (χ0n) is 19.5. The van der Waals surface area contributed by atoms with Crippen LogP contribution in [0.4, 0.5) is 0 Å². The number of hydrogen-bond donors (Lipinski definition) is 0. The molecule has 2 aromatic carbocycles. The summed E-state index contributed by atoms with van der Waals surface area (Å²) in [6.07, 6.45) is 9.74. The molecular weight excluding hydrogens is 420 g/mol. The molecule has 0 unspecified atom stereocenters. The van der Waals surface area contributed by atoms with E-state index in [1.165, 1.54) is 11.1 Å². The summed E-state index contributed by atoms with van der Waals surface area (Å²) < 4.78 is 1.78. The van der Waals surface area contributed by atoms with E-state index < -0.39 is 0 Å². The van der Waals surface area contributed by atoms with Gasteiger partial charge in [0.25, 0.3) is 5.95 Å². The number of hydrogen-bond acceptors (Lipinski definition) is 5. The predicted molar refractivity (Wildman–Crippen MR) is 136 cm³/mol. The molecule has 2 aromatic heterocycles. The van der Waals surface area contributed by atoms with Crippen LogP contribution in [0.1, 0.15) is 28.4 Å². The fraction of sp³-hybridized carbons (Fsp3) is 0.250. The standard InChI is InChI=1S/C28H30N6/c1-23-26(22-31-34(23)28-29-15-9-16-30-28)14-8-17-32-18-20-33(21-19-32)27(24-10-4-2-5-11-24)25-12-6-3-7-13-25/h2-16,22,27H,17-21H2,1H3/b14-8+. The summed E-state index contributed by atoms with van der Waals surface area (Å²) in [5.41, 5.74) is 4.86. The van der Waals surface area contributed by atoms with Gasteiger partial charge in [0, 0.05) is 50.7 Å². The first-order valence-electron chi connectivity index (χ1n) is 11.8. The Morgan fingerprint density at radius 3 is 2.06 bits per heavy atom. The SMILES string of the molecule is Cc1c(/C=C/CN2CCN(C(c3ccccc3)c3ccccc3)CC2)cnn1-c1ncccn1. The smallest absolute Gasteiger partial charge is 0.250 e. The summed E-state index contributed by atoms with van der Waals surface area (Å²) in [7, 11) is 0. The van der Waals surface area contributed by atoms with Crippen LogP contribution >= 0.6 is 0 Å². The molecule has 1 fully saturated rings. The van der Waals surface area contributed by atoms with Gasteiger partial charge in [-0.15, -0.1) is 0 Å². The van der Waals surface area contributed by atoms with Crippen molar-refractivity contribution >= 4 is 6.08 Å². The normalized spacial score (nSPS) is 15.4. The summed E-state index contributed by atoms with van der Waals surface area (Å²) in [6, 6.07) is 23.8. The van der Waals surface area contributed by atoms with Gasteiger partial charge in [-0.3, -0.25) is 9.80 Å². The molecule has 4 aromatic rings. The van der Waals surface area contributed by atoms with Gasteiger partial charge in [-0.05, 0) is 24.1 Å². The highest BCUT2D eigenvalue weighted by Crippen LogP contribution is 2.29. The van der Waals surface area contributed by atoms with Crippen LogP contribution in [0.25, 0.3) is 12.0 Å². The lowest BCUT2D eigenvalue weighted by Gasteiger charge is -2.39. The lowest BCUT2D eigenvalue weighted by Crippen LogP contribution is -2.47. The van der Waals surface area contributed by atoms with Crippen molar-refractivity contribution in [3.63, 3.8) is 0 Å². The molecule has 6 nitrogen and oxygen atoms in total. The number of piperazine rings is 1. The maximum Gasteiger partial charge on any atom is 0.250 e. The van der Waals surface area contributed by atoms with Crippen LogP contribution in [0, 0.1) is 6.92 Å². The molecule has 0 radical (unpaired) electrons. The van der Waals surface area contributed by atoms with Crippen LogP contribution in [0.3, 0.4) is 0 Å². The lowest BCUT2D eigenvalue weighted by molar-refractivity contribution is 0.118. The zero-order valence-corrected chi connectivity index (χ0v) is 19.5. The summed E-state index contributed by atoms with van der Waals surface area (Å²) in [5, 5.41) is 4.46. The van der Waals surface area contributed by atoms with Crippen molar-refractivity contribution in [2.45, 2.75) is 13.0 Å². The van der Waals surface area contributed by atoms with E-state index in [4.69, 9.17) is 0 Å². The molecular formula is C28H30N6. The maximum absolute atomic E-state index is 4.46. The van der Waals surface area contributed by atoms with Crippen LogP contribution < -0.4 is 0 Å². The third-order valence-electron chi connectivity index (χ3n) is 6.45. The van der Waals surface area contributed by atoms with Crippen molar-refractivity contribution in [1.82, 2.24) is 29.5 Å². The van der Waals surface area contributed by atoms with Crippen molar-refractivity contribution in [2.24, 2.45) is 0 Å². The predicted octanol–water partition coefficient (Wildman–Crippen LogP) is 4.39. The molecule has 0 saturated carbocycles. The largest absolute Gasteiger partial charge is 0.297 e. The van der Waals surface area contributed by atoms with Crippen LogP contribution in [0.15, 0.2) is 91.4 Å². The van der Waals surface area contributed by atoms with Gasteiger partial charge in [0.1, 0.15) is 0 Å². The second-order valence-corrected chi connectivity index (χ2v) is 8.61. The van der Waals surface area contributed by atoms with Crippen molar-refractivity contribution in [3.05, 3.63) is 114 Å². The highest BCUT2D eigenvalue weighted by molar-refractivity contribution is 5.51. The van der Waals surface area contributed by atoms with Crippen molar-refractivity contribution in [3.8, 4) is 5.95 Å².